The third kappa shape index (κ3) is 7.35. The Balaban J connectivity index is 1.14. The number of ether oxygens (including phenoxy) is 4. The van der Waals surface area contributed by atoms with Crippen LogP contribution in [0.3, 0.4) is 0 Å². The largest absolute Gasteiger partial charge is 0.456 e. The van der Waals surface area contributed by atoms with Gasteiger partial charge in [-0.3, -0.25) is 4.57 Å². The molecule has 1 unspecified atom stereocenters. The Labute approximate surface area is 294 Å². The highest BCUT2D eigenvalue weighted by atomic mass is 35.5. The van der Waals surface area contributed by atoms with Gasteiger partial charge in [-0.25, -0.2) is 13.6 Å². The molecule has 264 valence electrons. The highest BCUT2D eigenvalue weighted by Crippen LogP contribution is 2.44. The third-order valence-corrected chi connectivity index (χ3v) is 12.3. The van der Waals surface area contributed by atoms with E-state index in [9.17, 15) is 9.32 Å². The summed E-state index contributed by atoms with van der Waals surface area (Å²) in [5, 5.41) is 10.7. The summed E-state index contributed by atoms with van der Waals surface area (Å²) in [4.78, 5) is 12.2. The predicted molar refractivity (Wildman–Crippen MR) is 196 cm³/mol. The van der Waals surface area contributed by atoms with E-state index in [-0.39, 0.29) is 31.5 Å². The lowest BCUT2D eigenvalue weighted by molar-refractivity contribution is 0.00336. The number of fused-ring (bicyclic) bond motifs is 3. The average molecular weight is 728 g/mol. The Morgan fingerprint density at radius 2 is 1.90 bits per heavy atom. The van der Waals surface area contributed by atoms with Gasteiger partial charge < -0.3 is 29.0 Å². The molecule has 3 saturated heterocycles. The van der Waals surface area contributed by atoms with E-state index in [1.54, 1.807) is 12.5 Å². The predicted octanol–water partition coefficient (Wildman–Crippen LogP) is 5.74. The number of anilines is 1. The molecule has 7 rings (SSSR count). The van der Waals surface area contributed by atoms with Crippen molar-refractivity contribution in [2.24, 2.45) is 9.78 Å². The van der Waals surface area contributed by atoms with Crippen molar-refractivity contribution >= 4 is 46.3 Å². The van der Waals surface area contributed by atoms with Gasteiger partial charge in [-0.1, -0.05) is 56.4 Å². The molecule has 11 nitrogen and oxygen atoms in total. The first kappa shape index (κ1) is 34.7. The molecule has 3 aromatic rings. The molecule has 4 aliphatic rings. The molecule has 1 N–H and O–H groups in total. The van der Waals surface area contributed by atoms with Crippen molar-refractivity contribution in [3.05, 3.63) is 58.8 Å². The van der Waals surface area contributed by atoms with Crippen LogP contribution in [0, 0.1) is 5.41 Å². The minimum absolute atomic E-state index is 0.0144. The maximum atomic E-state index is 12.3. The van der Waals surface area contributed by atoms with Gasteiger partial charge in [-0.2, -0.15) is 4.98 Å². The van der Waals surface area contributed by atoms with Gasteiger partial charge in [0.15, 0.2) is 11.8 Å². The number of pyridine rings is 1. The zero-order valence-electron chi connectivity index (χ0n) is 29.0. The number of halogens is 1. The minimum Gasteiger partial charge on any atom is -0.456 e. The molecule has 0 saturated carbocycles. The summed E-state index contributed by atoms with van der Waals surface area (Å²) in [6.45, 7) is 12.3. The summed E-state index contributed by atoms with van der Waals surface area (Å²) in [5.74, 6) is 0. The van der Waals surface area contributed by atoms with Crippen molar-refractivity contribution in [3.63, 3.8) is 0 Å². The number of aliphatic hydroxyl groups is 1. The summed E-state index contributed by atoms with van der Waals surface area (Å²) in [7, 11) is -3.51. The van der Waals surface area contributed by atoms with E-state index >= 15 is 0 Å². The first-order valence-electron chi connectivity index (χ1n) is 16.8. The summed E-state index contributed by atoms with van der Waals surface area (Å²) < 4.78 is 42.7. The SMILES string of the molecule is CC12CC=C(N=S(C)(C)=O)C=C1CN(c1ccc(-c3nc4c(cc3Cl)nc(O[C@@H]3CO[C@H]5[C@@H]3OC[C@H]5O)n4COCC[Si](C)(C)C)cc1)C2. The Kier molecular flexibility index (Phi) is 9.25. The van der Waals surface area contributed by atoms with Crippen LogP contribution in [-0.4, -0.2) is 102 Å². The van der Waals surface area contributed by atoms with Crippen LogP contribution < -0.4 is 9.64 Å². The second-order valence-corrected chi connectivity index (χ2v) is 24.0. The number of hydrogen-bond donors (Lipinski definition) is 1. The normalized spacial score (nSPS) is 26.9. The number of aliphatic hydroxyl groups excluding tert-OH is 1. The zero-order chi connectivity index (χ0) is 34.7. The van der Waals surface area contributed by atoms with E-state index in [4.69, 9.17) is 40.5 Å². The lowest BCUT2D eigenvalue weighted by Gasteiger charge is -2.27. The number of allylic oxidation sites excluding steroid dienone is 2. The van der Waals surface area contributed by atoms with E-state index in [2.05, 4.69) is 72.2 Å². The lowest BCUT2D eigenvalue weighted by Crippen LogP contribution is -2.35. The summed E-state index contributed by atoms with van der Waals surface area (Å²) in [5.41, 5.74) is 5.98. The van der Waals surface area contributed by atoms with Gasteiger partial charge in [-0.05, 0) is 42.3 Å². The van der Waals surface area contributed by atoms with E-state index < -0.39 is 36.1 Å². The smallest absolute Gasteiger partial charge is 0.301 e. The Morgan fingerprint density at radius 3 is 2.63 bits per heavy atom. The van der Waals surface area contributed by atoms with Gasteiger partial charge in [0.25, 0.3) is 0 Å². The van der Waals surface area contributed by atoms with Crippen LogP contribution in [0.15, 0.2) is 58.1 Å². The minimum atomic E-state index is -2.21. The maximum absolute atomic E-state index is 12.3. The molecule has 1 aliphatic carbocycles. The van der Waals surface area contributed by atoms with Crippen molar-refractivity contribution in [2.45, 2.75) is 70.2 Å². The Morgan fingerprint density at radius 1 is 1.14 bits per heavy atom. The van der Waals surface area contributed by atoms with Crippen LogP contribution in [0.5, 0.6) is 6.01 Å². The van der Waals surface area contributed by atoms with Crippen molar-refractivity contribution in [1.82, 2.24) is 14.5 Å². The number of hydrogen-bond acceptors (Lipinski definition) is 10. The van der Waals surface area contributed by atoms with E-state index in [1.165, 1.54) is 5.57 Å². The Hall–Kier alpha value is -2.78. The summed E-state index contributed by atoms with van der Waals surface area (Å²) >= 11 is 6.86. The molecule has 1 aromatic carbocycles. The third-order valence-electron chi connectivity index (χ3n) is 9.69. The first-order valence-corrected chi connectivity index (χ1v) is 23.2. The number of aromatic nitrogens is 3. The zero-order valence-corrected chi connectivity index (χ0v) is 31.6. The van der Waals surface area contributed by atoms with Crippen LogP contribution >= 0.6 is 11.6 Å². The van der Waals surface area contributed by atoms with Crippen LogP contribution in [0.25, 0.3) is 22.4 Å². The standard InChI is InChI=1S/C35H46ClN5O6SSi/c1-35-12-11-24(39-48(2,3)43)15-23(35)17-40(20-35)25-9-7-22(8-10-25)30-26(36)16-27-33(38-30)41(21-44-13-14-49(4,5)6)34(37-27)47-29-19-46-31-28(42)18-45-32(29)31/h7-11,15-16,28-29,31-32,42H,12-14,17-21H2,1-6H3/t28-,29-,31-,32-,35?/m1/s1. The summed E-state index contributed by atoms with van der Waals surface area (Å²) in [6, 6.07) is 11.5. The molecular weight excluding hydrogens is 682 g/mol. The number of rotatable bonds is 10. The molecule has 5 heterocycles. The lowest BCUT2D eigenvalue weighted by atomic mass is 9.78. The van der Waals surface area contributed by atoms with Crippen LogP contribution in [-0.2, 0) is 30.7 Å². The van der Waals surface area contributed by atoms with Crippen molar-refractivity contribution < 1.29 is 28.3 Å². The van der Waals surface area contributed by atoms with Crippen molar-refractivity contribution in [1.29, 1.82) is 0 Å². The molecule has 3 aliphatic heterocycles. The quantitative estimate of drug-likeness (QED) is 0.206. The molecule has 0 spiro atoms. The molecule has 5 atom stereocenters. The molecule has 0 amide bonds. The second-order valence-electron chi connectivity index (χ2n) is 15.4. The van der Waals surface area contributed by atoms with Crippen LogP contribution in [0.2, 0.25) is 30.7 Å². The van der Waals surface area contributed by atoms with Gasteiger partial charge in [-0.15, -0.1) is 0 Å². The fourth-order valence-electron chi connectivity index (χ4n) is 6.92. The topological polar surface area (TPSA) is 121 Å². The van der Waals surface area contributed by atoms with Gasteiger partial charge in [0.2, 0.25) is 0 Å². The van der Waals surface area contributed by atoms with E-state index in [0.717, 1.165) is 42.5 Å². The monoisotopic (exact) mass is 727 g/mol. The van der Waals surface area contributed by atoms with Gasteiger partial charge in [0.1, 0.15) is 30.6 Å². The van der Waals surface area contributed by atoms with E-state index in [0.29, 0.717) is 34.5 Å². The van der Waals surface area contributed by atoms with Crippen LogP contribution in [0.1, 0.15) is 13.3 Å². The van der Waals surface area contributed by atoms with Crippen molar-refractivity contribution in [2.75, 3.05) is 50.3 Å². The number of imidazole rings is 1. The average Bonchev–Trinajstić information content (AvgIpc) is 3.77. The molecule has 0 radical (unpaired) electrons. The van der Waals surface area contributed by atoms with Gasteiger partial charge >= 0.3 is 6.01 Å². The molecule has 3 fully saturated rings. The highest BCUT2D eigenvalue weighted by Gasteiger charge is 2.49. The maximum Gasteiger partial charge on any atom is 0.301 e. The molecular formula is C35H46ClN5O6SSi. The summed E-state index contributed by atoms with van der Waals surface area (Å²) in [6.07, 6.45) is 6.54. The Bertz CT molecular complexity index is 1930. The highest BCUT2D eigenvalue weighted by molar-refractivity contribution is 7.92. The molecule has 0 bridgehead atoms. The van der Waals surface area contributed by atoms with Crippen molar-refractivity contribution in [3.8, 4) is 17.3 Å². The number of nitrogens with zero attached hydrogens (tertiary/aromatic N) is 5. The fourth-order valence-corrected chi connectivity index (χ4v) is 8.56. The van der Waals surface area contributed by atoms with E-state index in [1.807, 2.05) is 10.6 Å². The second kappa shape index (κ2) is 13.1. The first-order chi connectivity index (χ1) is 23.2. The van der Waals surface area contributed by atoms with Gasteiger partial charge in [0, 0.05) is 66.7 Å². The fraction of sp³-hybridized carbons (Fsp3) is 0.543. The van der Waals surface area contributed by atoms with Gasteiger partial charge in [0.05, 0.1) is 29.6 Å². The molecule has 49 heavy (non-hydrogen) atoms. The molecule has 2 aromatic heterocycles. The number of benzene rings is 1. The van der Waals surface area contributed by atoms with Crippen LogP contribution in [0.4, 0.5) is 5.69 Å². The molecule has 14 heteroatoms.